The topological polar surface area (TPSA) is 76.1 Å². The predicted octanol–water partition coefficient (Wildman–Crippen LogP) is 2.19. The average molecular weight is 276 g/mol. The van der Waals surface area contributed by atoms with E-state index in [1.54, 1.807) is 0 Å². The first-order valence-electron chi connectivity index (χ1n) is 7.17. The maximum absolute atomic E-state index is 12.5. The molecule has 0 unspecified atom stereocenters. The molecule has 108 valence electrons. The number of hydrogen-bond donors (Lipinski definition) is 2. The van der Waals surface area contributed by atoms with Crippen LogP contribution >= 0.6 is 0 Å². The Morgan fingerprint density at radius 3 is 2.80 bits per heavy atom. The molecule has 1 aliphatic heterocycles. The molecule has 1 spiro atoms. The van der Waals surface area contributed by atoms with Gasteiger partial charge in [0, 0.05) is 0 Å². The Morgan fingerprint density at radius 2 is 2.15 bits per heavy atom. The van der Waals surface area contributed by atoms with E-state index < -0.39 is 5.54 Å². The molecule has 1 aliphatic carbocycles. The number of carbonyl (C=O) groups is 1. The average Bonchev–Trinajstić information content (AvgIpc) is 2.49. The van der Waals surface area contributed by atoms with E-state index in [2.05, 4.69) is 27.5 Å². The maximum Gasteiger partial charge on any atom is 0.250 e. The number of amides is 1. The van der Waals surface area contributed by atoms with E-state index in [1.807, 2.05) is 0 Å². The third-order valence-corrected chi connectivity index (χ3v) is 4.57. The maximum atomic E-state index is 12.5. The van der Waals surface area contributed by atoms with Crippen molar-refractivity contribution in [3.05, 3.63) is 6.33 Å². The summed E-state index contributed by atoms with van der Waals surface area (Å²) in [5.41, 5.74) is 0.0288. The molecular weight excluding hydrogens is 256 g/mol. The summed E-state index contributed by atoms with van der Waals surface area (Å²) in [6.07, 6.45) is 6.49. The van der Waals surface area contributed by atoms with Gasteiger partial charge in [-0.25, -0.2) is 4.98 Å². The highest BCUT2D eigenvalue weighted by molar-refractivity contribution is 6.06. The Labute approximate surface area is 118 Å². The van der Waals surface area contributed by atoms with Crippen LogP contribution in [0.15, 0.2) is 6.33 Å². The largest absolute Gasteiger partial charge is 0.479 e. The number of ether oxygens (including phenoxy) is 1. The number of nitrogens with zero attached hydrogens (tertiary/aromatic N) is 2. The molecule has 0 bridgehead atoms. The van der Waals surface area contributed by atoms with Crippen molar-refractivity contribution in [2.45, 2.75) is 44.6 Å². The van der Waals surface area contributed by atoms with Gasteiger partial charge >= 0.3 is 0 Å². The molecule has 1 aromatic heterocycles. The van der Waals surface area contributed by atoms with Crippen molar-refractivity contribution in [2.75, 3.05) is 17.7 Å². The quantitative estimate of drug-likeness (QED) is 0.866. The Bertz CT molecular complexity index is 524. The van der Waals surface area contributed by atoms with Crippen molar-refractivity contribution in [3.8, 4) is 5.88 Å². The summed E-state index contributed by atoms with van der Waals surface area (Å²) in [4.78, 5) is 20.8. The lowest BCUT2D eigenvalue weighted by Gasteiger charge is -2.42. The summed E-state index contributed by atoms with van der Waals surface area (Å²) in [5, 5.41) is 6.26. The fourth-order valence-electron chi connectivity index (χ4n) is 3.18. The van der Waals surface area contributed by atoms with Crippen LogP contribution in [-0.4, -0.2) is 28.5 Å². The molecule has 2 aliphatic rings. The van der Waals surface area contributed by atoms with Gasteiger partial charge in [-0.3, -0.25) is 4.79 Å². The second kappa shape index (κ2) is 4.92. The molecule has 0 radical (unpaired) electrons. The number of nitrogens with one attached hydrogen (secondary N) is 2. The summed E-state index contributed by atoms with van der Waals surface area (Å²) in [5.74, 6) is 1.79. The van der Waals surface area contributed by atoms with Crippen molar-refractivity contribution < 1.29 is 9.53 Å². The van der Waals surface area contributed by atoms with Gasteiger partial charge in [0.25, 0.3) is 0 Å². The van der Waals surface area contributed by atoms with Crippen molar-refractivity contribution in [1.82, 2.24) is 9.97 Å². The van der Waals surface area contributed by atoms with Crippen LogP contribution in [0.3, 0.4) is 0 Å². The van der Waals surface area contributed by atoms with Gasteiger partial charge in [-0.2, -0.15) is 4.98 Å². The molecule has 1 saturated carbocycles. The Kier molecular flexibility index (Phi) is 3.23. The summed E-state index contributed by atoms with van der Waals surface area (Å²) in [7, 11) is 1.53. The molecule has 6 heteroatoms. The SMILES string of the molecule is CCC1CCC2(CC1)Nc1ncnc(OC)c1NC2=O. The lowest BCUT2D eigenvalue weighted by molar-refractivity contribution is -0.122. The zero-order valence-corrected chi connectivity index (χ0v) is 11.9. The van der Waals surface area contributed by atoms with E-state index in [0.29, 0.717) is 17.4 Å². The van der Waals surface area contributed by atoms with Gasteiger partial charge in [0.1, 0.15) is 17.6 Å². The highest BCUT2D eigenvalue weighted by Crippen LogP contribution is 2.42. The Hall–Kier alpha value is -1.85. The third-order valence-electron chi connectivity index (χ3n) is 4.57. The van der Waals surface area contributed by atoms with Gasteiger partial charge in [0.05, 0.1) is 7.11 Å². The summed E-state index contributed by atoms with van der Waals surface area (Å²) in [6.45, 7) is 2.21. The molecule has 3 rings (SSSR count). The number of carbonyl (C=O) groups excluding carboxylic acids is 1. The first-order valence-corrected chi connectivity index (χ1v) is 7.17. The van der Waals surface area contributed by atoms with E-state index in [9.17, 15) is 4.79 Å². The second-order valence-electron chi connectivity index (χ2n) is 5.62. The normalized spacial score (nSPS) is 28.5. The highest BCUT2D eigenvalue weighted by atomic mass is 16.5. The minimum atomic E-state index is -0.516. The van der Waals surface area contributed by atoms with Gasteiger partial charge in [-0.15, -0.1) is 0 Å². The molecule has 6 nitrogen and oxygen atoms in total. The van der Waals surface area contributed by atoms with Crippen molar-refractivity contribution >= 4 is 17.4 Å². The molecule has 2 heterocycles. The number of fused-ring (bicyclic) bond motifs is 1. The Morgan fingerprint density at radius 1 is 1.40 bits per heavy atom. The number of hydrogen-bond acceptors (Lipinski definition) is 5. The number of aromatic nitrogens is 2. The first kappa shape index (κ1) is 13.1. The lowest BCUT2D eigenvalue weighted by atomic mass is 9.74. The van der Waals surface area contributed by atoms with Gasteiger partial charge in [0.2, 0.25) is 11.8 Å². The van der Waals surface area contributed by atoms with Crippen LogP contribution in [0.5, 0.6) is 5.88 Å². The van der Waals surface area contributed by atoms with Crippen LogP contribution in [0, 0.1) is 5.92 Å². The second-order valence-corrected chi connectivity index (χ2v) is 5.62. The van der Waals surface area contributed by atoms with Crippen molar-refractivity contribution in [1.29, 1.82) is 0 Å². The first-order chi connectivity index (χ1) is 9.68. The predicted molar refractivity (Wildman–Crippen MR) is 75.8 cm³/mol. The summed E-state index contributed by atoms with van der Waals surface area (Å²) >= 11 is 0. The molecule has 0 aromatic carbocycles. The van der Waals surface area contributed by atoms with E-state index in [0.717, 1.165) is 31.6 Å². The molecule has 0 atom stereocenters. The highest BCUT2D eigenvalue weighted by Gasteiger charge is 2.45. The fraction of sp³-hybridized carbons (Fsp3) is 0.643. The molecule has 1 fully saturated rings. The zero-order chi connectivity index (χ0) is 14.2. The van der Waals surface area contributed by atoms with Crippen LogP contribution in [0.25, 0.3) is 0 Å². The zero-order valence-electron chi connectivity index (χ0n) is 11.9. The standard InChI is InChI=1S/C14H20N4O2/c1-3-9-4-6-14(7-5-9)13(19)17-10-11(18-14)15-8-16-12(10)20-2/h8-9H,3-7H2,1-2H3,(H,17,19)(H,15,16,18). The van der Waals surface area contributed by atoms with Crippen LogP contribution in [0.4, 0.5) is 11.5 Å². The van der Waals surface area contributed by atoms with E-state index >= 15 is 0 Å². The van der Waals surface area contributed by atoms with E-state index in [-0.39, 0.29) is 5.91 Å². The number of anilines is 2. The molecule has 1 aromatic rings. The van der Waals surface area contributed by atoms with Gasteiger partial charge in [0.15, 0.2) is 5.82 Å². The van der Waals surface area contributed by atoms with Crippen molar-refractivity contribution in [3.63, 3.8) is 0 Å². The molecular formula is C14H20N4O2. The molecule has 0 saturated heterocycles. The third kappa shape index (κ3) is 1.99. The minimum Gasteiger partial charge on any atom is -0.479 e. The Balaban J connectivity index is 1.88. The van der Waals surface area contributed by atoms with Crippen LogP contribution in [-0.2, 0) is 4.79 Å². The molecule has 1 amide bonds. The molecule has 2 N–H and O–H groups in total. The van der Waals surface area contributed by atoms with Crippen LogP contribution in [0.2, 0.25) is 0 Å². The molecule has 20 heavy (non-hydrogen) atoms. The van der Waals surface area contributed by atoms with Gasteiger partial charge in [-0.1, -0.05) is 13.3 Å². The number of methoxy groups -OCH3 is 1. The van der Waals surface area contributed by atoms with Gasteiger partial charge in [-0.05, 0) is 31.6 Å². The van der Waals surface area contributed by atoms with E-state index in [4.69, 9.17) is 4.74 Å². The van der Waals surface area contributed by atoms with Crippen molar-refractivity contribution in [2.24, 2.45) is 5.92 Å². The summed E-state index contributed by atoms with van der Waals surface area (Å²) < 4.78 is 5.17. The monoisotopic (exact) mass is 276 g/mol. The van der Waals surface area contributed by atoms with Gasteiger partial charge < -0.3 is 15.4 Å². The number of rotatable bonds is 2. The smallest absolute Gasteiger partial charge is 0.250 e. The van der Waals surface area contributed by atoms with E-state index in [1.165, 1.54) is 19.9 Å². The minimum absolute atomic E-state index is 0.00709. The van der Waals surface area contributed by atoms with Crippen LogP contribution < -0.4 is 15.4 Å². The lowest BCUT2D eigenvalue weighted by Crippen LogP contribution is -2.54. The summed E-state index contributed by atoms with van der Waals surface area (Å²) in [6, 6.07) is 0. The van der Waals surface area contributed by atoms with Crippen LogP contribution in [0.1, 0.15) is 39.0 Å². The fourth-order valence-corrected chi connectivity index (χ4v) is 3.18.